The molecule has 1 aliphatic carbocycles. The van der Waals surface area contributed by atoms with E-state index in [1.165, 1.54) is 20.3 Å². The molecule has 0 aromatic rings. The van der Waals surface area contributed by atoms with Gasteiger partial charge in [-0.1, -0.05) is 19.9 Å². The van der Waals surface area contributed by atoms with E-state index in [1.54, 1.807) is 13.0 Å². The molecule has 5 nitrogen and oxygen atoms in total. The molecule has 0 N–H and O–H groups in total. The summed E-state index contributed by atoms with van der Waals surface area (Å²) in [5.41, 5.74) is 1.45. The van der Waals surface area contributed by atoms with Crippen LogP contribution in [0.15, 0.2) is 23.3 Å². The largest absolute Gasteiger partial charge is 0.348 e. The zero-order chi connectivity index (χ0) is 15.0. The third-order valence-electron chi connectivity index (χ3n) is 3.75. The average Bonchev–Trinajstić information content (AvgIpc) is 2.41. The number of carbonyl (C=O) groups excluding carboxylic acids is 1. The highest BCUT2D eigenvalue weighted by Gasteiger charge is 2.44. The molecule has 0 saturated carbocycles. The van der Waals surface area contributed by atoms with E-state index in [-0.39, 0.29) is 11.2 Å². The van der Waals surface area contributed by atoms with E-state index in [1.807, 2.05) is 0 Å². The minimum absolute atomic E-state index is 0.00122. The molecular formula is C15H22O5. The lowest BCUT2D eigenvalue weighted by atomic mass is 9.90. The lowest BCUT2D eigenvalue weighted by Crippen LogP contribution is -2.47. The van der Waals surface area contributed by atoms with Crippen molar-refractivity contribution in [3.05, 3.63) is 23.3 Å². The van der Waals surface area contributed by atoms with E-state index in [0.717, 1.165) is 5.57 Å². The molecule has 5 heteroatoms. The summed E-state index contributed by atoms with van der Waals surface area (Å²) in [6, 6.07) is 0. The molecule has 1 aliphatic heterocycles. The number of methoxy groups -OCH3 is 2. The minimum Gasteiger partial charge on any atom is -0.348 e. The van der Waals surface area contributed by atoms with Gasteiger partial charge in [-0.15, -0.1) is 0 Å². The van der Waals surface area contributed by atoms with E-state index >= 15 is 0 Å². The second-order valence-corrected chi connectivity index (χ2v) is 5.92. The van der Waals surface area contributed by atoms with Gasteiger partial charge in [0, 0.05) is 30.8 Å². The molecule has 2 aliphatic rings. The van der Waals surface area contributed by atoms with Gasteiger partial charge in [0.1, 0.15) is 0 Å². The molecule has 0 spiro atoms. The van der Waals surface area contributed by atoms with Gasteiger partial charge < -0.3 is 18.9 Å². The second-order valence-electron chi connectivity index (χ2n) is 5.92. The molecule has 0 atom stereocenters. The molecule has 0 aromatic carbocycles. The SMILES string of the molecule is COC1(OC)C(=O)C=CC(C2OCC(C)(C)CO2)=C1C. The van der Waals surface area contributed by atoms with Crippen LogP contribution in [0.2, 0.25) is 0 Å². The van der Waals surface area contributed by atoms with Gasteiger partial charge >= 0.3 is 0 Å². The standard InChI is InChI=1S/C15H22O5/c1-10-11(13-19-8-14(2,3)9-20-13)6-7-12(16)15(10,17-4)18-5/h6-7,13H,8-9H2,1-5H3. The van der Waals surface area contributed by atoms with Crippen LogP contribution in [0.5, 0.6) is 0 Å². The van der Waals surface area contributed by atoms with E-state index in [9.17, 15) is 4.79 Å². The normalized spacial score (nSPS) is 26.1. The predicted molar refractivity (Wildman–Crippen MR) is 73.1 cm³/mol. The van der Waals surface area contributed by atoms with Crippen LogP contribution in [0.25, 0.3) is 0 Å². The fraction of sp³-hybridized carbons (Fsp3) is 0.667. The van der Waals surface area contributed by atoms with Gasteiger partial charge in [0.2, 0.25) is 5.78 Å². The monoisotopic (exact) mass is 282 g/mol. The summed E-state index contributed by atoms with van der Waals surface area (Å²) in [5.74, 6) is -1.61. The molecule has 0 unspecified atom stereocenters. The predicted octanol–water partition coefficient (Wildman–Crippen LogP) is 1.83. The molecule has 0 bridgehead atoms. The maximum absolute atomic E-state index is 12.1. The van der Waals surface area contributed by atoms with E-state index in [2.05, 4.69) is 13.8 Å². The highest BCUT2D eigenvalue weighted by Crippen LogP contribution is 2.35. The van der Waals surface area contributed by atoms with Gasteiger partial charge in [0.15, 0.2) is 6.29 Å². The van der Waals surface area contributed by atoms with Crippen LogP contribution in [-0.2, 0) is 23.7 Å². The van der Waals surface area contributed by atoms with Gasteiger partial charge in [-0.3, -0.25) is 4.79 Å². The van der Waals surface area contributed by atoms with Crippen LogP contribution in [0, 0.1) is 5.41 Å². The third-order valence-corrected chi connectivity index (χ3v) is 3.75. The van der Waals surface area contributed by atoms with Gasteiger partial charge in [0.25, 0.3) is 5.79 Å². The van der Waals surface area contributed by atoms with Crippen molar-refractivity contribution in [3.8, 4) is 0 Å². The first-order valence-electron chi connectivity index (χ1n) is 6.63. The highest BCUT2D eigenvalue weighted by molar-refractivity contribution is 6.00. The summed E-state index contributed by atoms with van der Waals surface area (Å²) >= 11 is 0. The van der Waals surface area contributed by atoms with Crippen molar-refractivity contribution in [1.82, 2.24) is 0 Å². The van der Waals surface area contributed by atoms with Crippen LogP contribution < -0.4 is 0 Å². The summed E-state index contributed by atoms with van der Waals surface area (Å²) in [6.07, 6.45) is 2.68. The minimum atomic E-state index is -1.37. The topological polar surface area (TPSA) is 54.0 Å². The number of ether oxygens (including phenoxy) is 4. The summed E-state index contributed by atoms with van der Waals surface area (Å²) in [6.45, 7) is 7.17. The van der Waals surface area contributed by atoms with Crippen molar-refractivity contribution < 1.29 is 23.7 Å². The van der Waals surface area contributed by atoms with Gasteiger partial charge in [-0.25, -0.2) is 0 Å². The summed E-state index contributed by atoms with van der Waals surface area (Å²) in [4.78, 5) is 12.1. The van der Waals surface area contributed by atoms with Gasteiger partial charge in [0.05, 0.1) is 13.2 Å². The number of hydrogen-bond acceptors (Lipinski definition) is 5. The molecule has 20 heavy (non-hydrogen) atoms. The lowest BCUT2D eigenvalue weighted by Gasteiger charge is -2.39. The lowest BCUT2D eigenvalue weighted by molar-refractivity contribution is -0.207. The molecule has 112 valence electrons. The summed E-state index contributed by atoms with van der Waals surface area (Å²) in [7, 11) is 2.90. The Balaban J connectivity index is 2.29. The Morgan fingerprint density at radius 1 is 1.15 bits per heavy atom. The van der Waals surface area contributed by atoms with Gasteiger partial charge in [-0.2, -0.15) is 0 Å². The summed E-state index contributed by atoms with van der Waals surface area (Å²) < 4.78 is 22.2. The highest BCUT2D eigenvalue weighted by atomic mass is 16.7. The molecular weight excluding hydrogens is 260 g/mol. The zero-order valence-corrected chi connectivity index (χ0v) is 12.7. The Labute approximate surface area is 119 Å². The zero-order valence-electron chi connectivity index (χ0n) is 12.7. The Morgan fingerprint density at radius 2 is 1.70 bits per heavy atom. The molecule has 0 amide bonds. The number of hydrogen-bond donors (Lipinski definition) is 0. The molecule has 1 fully saturated rings. The second kappa shape index (κ2) is 5.41. The molecule has 1 heterocycles. The van der Waals surface area contributed by atoms with E-state index < -0.39 is 12.1 Å². The van der Waals surface area contributed by atoms with Crippen LogP contribution in [0.4, 0.5) is 0 Å². The van der Waals surface area contributed by atoms with Crippen LogP contribution >= 0.6 is 0 Å². The smallest absolute Gasteiger partial charge is 0.256 e. The number of ketones is 1. The van der Waals surface area contributed by atoms with Crippen molar-refractivity contribution in [3.63, 3.8) is 0 Å². The molecule has 0 aromatic heterocycles. The number of rotatable bonds is 3. The van der Waals surface area contributed by atoms with Crippen LogP contribution in [0.3, 0.4) is 0 Å². The first-order chi connectivity index (χ1) is 9.36. The fourth-order valence-corrected chi connectivity index (χ4v) is 2.49. The Morgan fingerprint density at radius 3 is 2.20 bits per heavy atom. The third kappa shape index (κ3) is 2.46. The molecule has 0 radical (unpaired) electrons. The van der Waals surface area contributed by atoms with Crippen molar-refractivity contribution in [1.29, 1.82) is 0 Å². The van der Waals surface area contributed by atoms with Crippen molar-refractivity contribution in [2.45, 2.75) is 32.8 Å². The maximum atomic E-state index is 12.1. The Kier molecular flexibility index (Phi) is 4.16. The molecule has 1 saturated heterocycles. The summed E-state index contributed by atoms with van der Waals surface area (Å²) in [5, 5.41) is 0. The van der Waals surface area contributed by atoms with Gasteiger partial charge in [-0.05, 0) is 13.0 Å². The van der Waals surface area contributed by atoms with Crippen LogP contribution in [-0.4, -0.2) is 45.3 Å². The van der Waals surface area contributed by atoms with Crippen molar-refractivity contribution in [2.24, 2.45) is 5.41 Å². The van der Waals surface area contributed by atoms with Crippen molar-refractivity contribution >= 4 is 5.78 Å². The van der Waals surface area contributed by atoms with Crippen LogP contribution in [0.1, 0.15) is 20.8 Å². The van der Waals surface area contributed by atoms with E-state index in [0.29, 0.717) is 18.8 Å². The number of carbonyl (C=O) groups is 1. The maximum Gasteiger partial charge on any atom is 0.256 e. The average molecular weight is 282 g/mol. The van der Waals surface area contributed by atoms with Crippen molar-refractivity contribution in [2.75, 3.05) is 27.4 Å². The Hall–Kier alpha value is -1.01. The van der Waals surface area contributed by atoms with E-state index in [4.69, 9.17) is 18.9 Å². The fourth-order valence-electron chi connectivity index (χ4n) is 2.49. The first kappa shape index (κ1) is 15.4. The molecule has 2 rings (SSSR count). The quantitative estimate of drug-likeness (QED) is 0.739. The first-order valence-corrected chi connectivity index (χ1v) is 6.63. The Bertz CT molecular complexity index is 447.